The second-order valence-corrected chi connectivity index (χ2v) is 4.60. The lowest BCUT2D eigenvalue weighted by molar-refractivity contribution is 0.171. The molecular formula is C16H17FN2O3. The van der Waals surface area contributed by atoms with Crippen LogP contribution in [0.25, 0.3) is 0 Å². The van der Waals surface area contributed by atoms with Crippen molar-refractivity contribution in [2.45, 2.75) is 6.10 Å². The van der Waals surface area contributed by atoms with Crippen LogP contribution in [0.2, 0.25) is 0 Å². The number of halogens is 1. The molecule has 5 nitrogen and oxygen atoms in total. The van der Waals surface area contributed by atoms with Gasteiger partial charge in [-0.3, -0.25) is 0 Å². The van der Waals surface area contributed by atoms with Gasteiger partial charge in [0.25, 0.3) is 0 Å². The molecule has 1 atom stereocenters. The highest BCUT2D eigenvalue weighted by molar-refractivity contribution is 5.89. The zero-order valence-electron chi connectivity index (χ0n) is 12.0. The van der Waals surface area contributed by atoms with Gasteiger partial charge in [-0.15, -0.1) is 0 Å². The summed E-state index contributed by atoms with van der Waals surface area (Å²) in [4.78, 5) is 11.7. The summed E-state index contributed by atoms with van der Waals surface area (Å²) < 4.78 is 17.9. The van der Waals surface area contributed by atoms with Gasteiger partial charge in [0.2, 0.25) is 0 Å². The van der Waals surface area contributed by atoms with Crippen LogP contribution in [0.5, 0.6) is 5.75 Å². The van der Waals surface area contributed by atoms with Crippen LogP contribution in [0.15, 0.2) is 48.5 Å². The molecule has 0 radical (unpaired) electrons. The van der Waals surface area contributed by atoms with Gasteiger partial charge in [-0.2, -0.15) is 0 Å². The molecule has 0 saturated carbocycles. The number of aliphatic hydroxyl groups is 1. The number of nitrogens with one attached hydrogen (secondary N) is 2. The van der Waals surface area contributed by atoms with Gasteiger partial charge in [0.05, 0.1) is 13.2 Å². The van der Waals surface area contributed by atoms with E-state index in [0.29, 0.717) is 17.0 Å². The van der Waals surface area contributed by atoms with E-state index in [1.54, 1.807) is 24.3 Å². The normalized spacial score (nSPS) is 11.6. The maximum absolute atomic E-state index is 12.8. The number of amides is 2. The molecule has 0 aliphatic heterocycles. The first-order valence-corrected chi connectivity index (χ1v) is 6.71. The number of hydrogen-bond acceptors (Lipinski definition) is 3. The van der Waals surface area contributed by atoms with Crippen LogP contribution < -0.4 is 15.4 Å². The molecule has 0 fully saturated rings. The van der Waals surface area contributed by atoms with E-state index in [1.165, 1.54) is 31.4 Å². The number of methoxy groups -OCH3 is 1. The first kappa shape index (κ1) is 15.8. The van der Waals surface area contributed by atoms with Crippen molar-refractivity contribution < 1.29 is 19.0 Å². The van der Waals surface area contributed by atoms with Crippen molar-refractivity contribution in [3.8, 4) is 5.75 Å². The number of aliphatic hydroxyl groups excluding tert-OH is 1. The fraction of sp³-hybridized carbons (Fsp3) is 0.188. The summed E-state index contributed by atoms with van der Waals surface area (Å²) in [6, 6.07) is 11.9. The molecule has 0 aromatic heterocycles. The monoisotopic (exact) mass is 304 g/mol. The van der Waals surface area contributed by atoms with Gasteiger partial charge in [-0.1, -0.05) is 18.2 Å². The second-order valence-electron chi connectivity index (χ2n) is 4.60. The maximum Gasteiger partial charge on any atom is 0.319 e. The molecule has 1 unspecified atom stereocenters. The molecule has 22 heavy (non-hydrogen) atoms. The number of urea groups is 1. The molecule has 2 rings (SSSR count). The number of benzene rings is 2. The van der Waals surface area contributed by atoms with Gasteiger partial charge in [0.15, 0.2) is 0 Å². The number of carbonyl (C=O) groups is 1. The van der Waals surface area contributed by atoms with Crippen LogP contribution in [0.3, 0.4) is 0 Å². The zero-order valence-corrected chi connectivity index (χ0v) is 12.0. The van der Waals surface area contributed by atoms with E-state index in [2.05, 4.69) is 10.6 Å². The number of carbonyl (C=O) groups excluding carboxylic acids is 1. The highest BCUT2D eigenvalue weighted by Gasteiger charge is 2.13. The molecule has 3 N–H and O–H groups in total. The van der Waals surface area contributed by atoms with Crippen LogP contribution >= 0.6 is 0 Å². The van der Waals surface area contributed by atoms with Crippen molar-refractivity contribution in [3.05, 3.63) is 59.9 Å². The Balaban J connectivity index is 1.89. The molecule has 0 spiro atoms. The lowest BCUT2D eigenvalue weighted by Crippen LogP contribution is -2.32. The Labute approximate surface area is 127 Å². The minimum Gasteiger partial charge on any atom is -0.496 e. The molecule has 2 amide bonds. The third-order valence-corrected chi connectivity index (χ3v) is 3.06. The lowest BCUT2D eigenvalue weighted by atomic mass is 10.1. The first-order chi connectivity index (χ1) is 10.6. The number of hydrogen-bond donors (Lipinski definition) is 3. The number of ether oxygens (including phenoxy) is 1. The topological polar surface area (TPSA) is 70.6 Å². The largest absolute Gasteiger partial charge is 0.496 e. The highest BCUT2D eigenvalue weighted by Crippen LogP contribution is 2.24. The van der Waals surface area contributed by atoms with Crippen molar-refractivity contribution in [2.75, 3.05) is 19.0 Å². The molecule has 2 aromatic carbocycles. The molecule has 0 aliphatic rings. The molecule has 0 bridgehead atoms. The predicted molar refractivity (Wildman–Crippen MR) is 81.4 cm³/mol. The smallest absolute Gasteiger partial charge is 0.319 e. The summed E-state index contributed by atoms with van der Waals surface area (Å²) in [5.74, 6) is 0.174. The fourth-order valence-electron chi connectivity index (χ4n) is 1.95. The van der Waals surface area contributed by atoms with Crippen LogP contribution in [0, 0.1) is 5.82 Å². The highest BCUT2D eigenvalue weighted by atomic mass is 19.1. The molecule has 0 heterocycles. The summed E-state index contributed by atoms with van der Waals surface area (Å²) in [5.41, 5.74) is 1.05. The Hall–Kier alpha value is -2.60. The van der Waals surface area contributed by atoms with E-state index in [1.807, 2.05) is 0 Å². The van der Waals surface area contributed by atoms with Gasteiger partial charge >= 0.3 is 6.03 Å². The summed E-state index contributed by atoms with van der Waals surface area (Å²) >= 11 is 0. The second kappa shape index (κ2) is 7.42. The molecule has 0 saturated heterocycles. The third kappa shape index (κ3) is 4.20. The molecule has 6 heteroatoms. The van der Waals surface area contributed by atoms with Gasteiger partial charge in [-0.05, 0) is 30.3 Å². The number of rotatable bonds is 5. The SMILES string of the molecule is COc1ccccc1C(O)CNC(=O)Nc1ccc(F)cc1. The minimum absolute atomic E-state index is 0.0212. The average molecular weight is 304 g/mol. The van der Waals surface area contributed by atoms with Crippen molar-refractivity contribution in [1.82, 2.24) is 5.32 Å². The molecule has 116 valence electrons. The summed E-state index contributed by atoms with van der Waals surface area (Å²) in [6.45, 7) is 0.0212. The van der Waals surface area contributed by atoms with E-state index in [-0.39, 0.29) is 12.4 Å². The van der Waals surface area contributed by atoms with Gasteiger partial charge in [0.1, 0.15) is 11.6 Å². The third-order valence-electron chi connectivity index (χ3n) is 3.06. The summed E-state index contributed by atoms with van der Waals surface area (Å²) in [6.07, 6.45) is -0.893. The summed E-state index contributed by atoms with van der Waals surface area (Å²) in [7, 11) is 1.51. The maximum atomic E-state index is 12.8. The van der Waals surface area contributed by atoms with Crippen LogP contribution in [-0.4, -0.2) is 24.8 Å². The Morgan fingerprint density at radius 1 is 1.23 bits per heavy atom. The van der Waals surface area contributed by atoms with Gasteiger partial charge in [0, 0.05) is 17.8 Å². The fourth-order valence-corrected chi connectivity index (χ4v) is 1.95. The quantitative estimate of drug-likeness (QED) is 0.795. The van der Waals surface area contributed by atoms with Crippen molar-refractivity contribution >= 4 is 11.7 Å². The Kier molecular flexibility index (Phi) is 5.32. The van der Waals surface area contributed by atoms with E-state index >= 15 is 0 Å². The van der Waals surface area contributed by atoms with E-state index in [9.17, 15) is 14.3 Å². The predicted octanol–water partition coefficient (Wildman–Crippen LogP) is 2.69. The van der Waals surface area contributed by atoms with E-state index in [0.717, 1.165) is 0 Å². The number of anilines is 1. The van der Waals surface area contributed by atoms with Crippen molar-refractivity contribution in [1.29, 1.82) is 0 Å². The molecule has 0 aliphatic carbocycles. The summed E-state index contributed by atoms with van der Waals surface area (Å²) in [5, 5.41) is 15.2. The van der Waals surface area contributed by atoms with Crippen LogP contribution in [0.4, 0.5) is 14.9 Å². The first-order valence-electron chi connectivity index (χ1n) is 6.71. The zero-order chi connectivity index (χ0) is 15.9. The minimum atomic E-state index is -0.893. The Bertz CT molecular complexity index is 632. The van der Waals surface area contributed by atoms with Crippen molar-refractivity contribution in [3.63, 3.8) is 0 Å². The molecule has 2 aromatic rings. The Morgan fingerprint density at radius 2 is 1.91 bits per heavy atom. The van der Waals surface area contributed by atoms with Crippen molar-refractivity contribution in [2.24, 2.45) is 0 Å². The van der Waals surface area contributed by atoms with E-state index < -0.39 is 12.1 Å². The van der Waals surface area contributed by atoms with Gasteiger partial charge in [-0.25, -0.2) is 9.18 Å². The standard InChI is InChI=1S/C16H17FN2O3/c1-22-15-5-3-2-4-13(15)14(20)10-18-16(21)19-12-8-6-11(17)7-9-12/h2-9,14,20H,10H2,1H3,(H2,18,19,21). The Morgan fingerprint density at radius 3 is 2.59 bits per heavy atom. The van der Waals surface area contributed by atoms with Gasteiger partial charge < -0.3 is 20.5 Å². The average Bonchev–Trinajstić information content (AvgIpc) is 2.54. The lowest BCUT2D eigenvalue weighted by Gasteiger charge is -2.15. The van der Waals surface area contributed by atoms with E-state index in [4.69, 9.17) is 4.74 Å². The van der Waals surface area contributed by atoms with Crippen LogP contribution in [-0.2, 0) is 0 Å². The number of para-hydroxylation sites is 1. The van der Waals surface area contributed by atoms with Crippen LogP contribution in [0.1, 0.15) is 11.7 Å². The molecular weight excluding hydrogens is 287 g/mol.